The van der Waals surface area contributed by atoms with Crippen LogP contribution in [-0.2, 0) is 26.2 Å². The van der Waals surface area contributed by atoms with E-state index in [0.29, 0.717) is 12.2 Å². The van der Waals surface area contributed by atoms with Crippen LogP contribution in [0.3, 0.4) is 0 Å². The van der Waals surface area contributed by atoms with Crippen molar-refractivity contribution >= 4 is 27.5 Å². The van der Waals surface area contributed by atoms with Crippen LogP contribution < -0.4 is 9.62 Å². The molecule has 7 nitrogen and oxygen atoms in total. The average Bonchev–Trinajstić information content (AvgIpc) is 2.92. The molecule has 0 bridgehead atoms. The van der Waals surface area contributed by atoms with Crippen molar-refractivity contribution in [3.8, 4) is 0 Å². The fourth-order valence-corrected chi connectivity index (χ4v) is 5.92. The first-order chi connectivity index (χ1) is 19.0. The Labute approximate surface area is 239 Å². The molecule has 3 rings (SSSR count). The third-order valence-electron chi connectivity index (χ3n) is 7.33. The molecule has 0 radical (unpaired) electrons. The summed E-state index contributed by atoms with van der Waals surface area (Å²) < 4.78 is 29.2. The zero-order chi connectivity index (χ0) is 29.4. The molecule has 3 aromatic rings. The minimum Gasteiger partial charge on any atom is -0.354 e. The lowest BCUT2D eigenvalue weighted by Gasteiger charge is -2.33. The van der Waals surface area contributed by atoms with E-state index in [-0.39, 0.29) is 17.3 Å². The molecule has 2 amide bonds. The van der Waals surface area contributed by atoms with E-state index in [2.05, 4.69) is 5.32 Å². The standard InChI is InChI=1S/C32H41N3O4S/c1-7-8-20-33-32(37)27(6)34(21-28-14-10-9-12-25(28)4)31(36)22-35(30-15-11-13-24(3)26(30)5)40(38,39)29-18-16-23(2)17-19-29/h9-19,27H,7-8,20-22H2,1-6H3,(H,33,37)/t27-/m0/s1. The predicted octanol–water partition coefficient (Wildman–Crippen LogP) is 5.45. The molecule has 3 aromatic carbocycles. The lowest BCUT2D eigenvalue weighted by Crippen LogP contribution is -2.51. The smallest absolute Gasteiger partial charge is 0.264 e. The van der Waals surface area contributed by atoms with Crippen LogP contribution in [0.4, 0.5) is 5.69 Å². The molecule has 0 unspecified atom stereocenters. The molecule has 8 heteroatoms. The second kappa shape index (κ2) is 13.6. The SMILES string of the molecule is CCCCNC(=O)[C@H](C)N(Cc1ccccc1C)C(=O)CN(c1cccc(C)c1C)S(=O)(=O)c1ccc(C)cc1. The van der Waals surface area contributed by atoms with Crippen LogP contribution in [0, 0.1) is 27.7 Å². The van der Waals surface area contributed by atoms with Crippen LogP contribution in [-0.4, -0.2) is 44.3 Å². The van der Waals surface area contributed by atoms with Gasteiger partial charge in [-0.25, -0.2) is 8.42 Å². The van der Waals surface area contributed by atoms with Crippen LogP contribution in [0.2, 0.25) is 0 Å². The van der Waals surface area contributed by atoms with E-state index >= 15 is 0 Å². The Hall–Kier alpha value is -3.65. The van der Waals surface area contributed by atoms with Gasteiger partial charge in [0.1, 0.15) is 12.6 Å². The number of hydrogen-bond donors (Lipinski definition) is 1. The van der Waals surface area contributed by atoms with E-state index in [1.165, 1.54) is 9.21 Å². The van der Waals surface area contributed by atoms with E-state index in [0.717, 1.165) is 40.7 Å². The lowest BCUT2D eigenvalue weighted by molar-refractivity contribution is -0.139. The van der Waals surface area contributed by atoms with Gasteiger partial charge in [-0.2, -0.15) is 0 Å². The molecule has 0 heterocycles. The highest BCUT2D eigenvalue weighted by Gasteiger charge is 2.33. The highest BCUT2D eigenvalue weighted by molar-refractivity contribution is 7.92. The van der Waals surface area contributed by atoms with Crippen molar-refractivity contribution in [1.29, 1.82) is 0 Å². The lowest BCUT2D eigenvalue weighted by atomic mass is 10.1. The predicted molar refractivity (Wildman–Crippen MR) is 161 cm³/mol. The Morgan fingerprint density at radius 2 is 1.52 bits per heavy atom. The number of unbranched alkanes of at least 4 members (excludes halogenated alkanes) is 1. The Kier molecular flexibility index (Phi) is 10.5. The highest BCUT2D eigenvalue weighted by atomic mass is 32.2. The van der Waals surface area contributed by atoms with E-state index in [1.807, 2.05) is 65.0 Å². The van der Waals surface area contributed by atoms with Gasteiger partial charge in [0.15, 0.2) is 0 Å². The molecule has 0 fully saturated rings. The quantitative estimate of drug-likeness (QED) is 0.297. The molecule has 0 aliphatic heterocycles. The van der Waals surface area contributed by atoms with Crippen LogP contribution in [0.5, 0.6) is 0 Å². The zero-order valence-corrected chi connectivity index (χ0v) is 25.2. The first-order valence-corrected chi connectivity index (χ1v) is 15.2. The largest absolute Gasteiger partial charge is 0.354 e. The van der Waals surface area contributed by atoms with Gasteiger partial charge in [-0.3, -0.25) is 13.9 Å². The summed E-state index contributed by atoms with van der Waals surface area (Å²) in [4.78, 5) is 28.8. The summed E-state index contributed by atoms with van der Waals surface area (Å²) in [6.07, 6.45) is 1.77. The van der Waals surface area contributed by atoms with Crippen LogP contribution in [0.15, 0.2) is 71.6 Å². The van der Waals surface area contributed by atoms with Crippen molar-refractivity contribution in [3.05, 3.63) is 94.5 Å². The number of nitrogens with zero attached hydrogens (tertiary/aromatic N) is 2. The Bertz CT molecular complexity index is 1430. The molecule has 0 spiro atoms. The summed E-state index contributed by atoms with van der Waals surface area (Å²) in [5.74, 6) is -0.729. The minimum absolute atomic E-state index is 0.0996. The Morgan fingerprint density at radius 1 is 0.875 bits per heavy atom. The van der Waals surface area contributed by atoms with Crippen molar-refractivity contribution in [2.45, 2.75) is 71.9 Å². The molecule has 1 N–H and O–H groups in total. The molecular weight excluding hydrogens is 522 g/mol. The summed E-state index contributed by atoms with van der Waals surface area (Å²) in [7, 11) is -4.10. The maximum absolute atomic E-state index is 14.1. The van der Waals surface area contributed by atoms with Crippen molar-refractivity contribution in [2.24, 2.45) is 0 Å². The van der Waals surface area contributed by atoms with E-state index in [1.54, 1.807) is 43.3 Å². The first kappa shape index (κ1) is 30.9. The summed E-state index contributed by atoms with van der Waals surface area (Å²) >= 11 is 0. The van der Waals surface area contributed by atoms with Crippen LogP contribution >= 0.6 is 0 Å². The van der Waals surface area contributed by atoms with Crippen molar-refractivity contribution < 1.29 is 18.0 Å². The number of amides is 2. The molecule has 40 heavy (non-hydrogen) atoms. The van der Waals surface area contributed by atoms with E-state index in [4.69, 9.17) is 0 Å². The number of hydrogen-bond acceptors (Lipinski definition) is 4. The first-order valence-electron chi connectivity index (χ1n) is 13.7. The average molecular weight is 564 g/mol. The number of rotatable bonds is 12. The molecular formula is C32H41N3O4S. The molecule has 0 saturated heterocycles. The molecule has 0 aliphatic rings. The van der Waals surface area contributed by atoms with Crippen molar-refractivity contribution in [1.82, 2.24) is 10.2 Å². The van der Waals surface area contributed by atoms with Crippen LogP contribution in [0.25, 0.3) is 0 Å². The second-order valence-corrected chi connectivity index (χ2v) is 12.2. The van der Waals surface area contributed by atoms with E-state index in [9.17, 15) is 18.0 Å². The fourth-order valence-electron chi connectivity index (χ4n) is 4.45. The monoisotopic (exact) mass is 563 g/mol. The van der Waals surface area contributed by atoms with Gasteiger partial charge in [-0.1, -0.05) is 67.4 Å². The van der Waals surface area contributed by atoms with Gasteiger partial charge in [-0.05, 0) is 81.5 Å². The third kappa shape index (κ3) is 7.30. The number of anilines is 1. The number of benzene rings is 3. The van der Waals surface area contributed by atoms with Crippen LogP contribution in [0.1, 0.15) is 54.5 Å². The summed E-state index contributed by atoms with van der Waals surface area (Å²) in [5.41, 5.74) is 4.92. The Balaban J connectivity index is 2.05. The summed E-state index contributed by atoms with van der Waals surface area (Å²) in [6.45, 7) is 11.6. The normalized spacial score (nSPS) is 12.1. The molecule has 0 aromatic heterocycles. The third-order valence-corrected chi connectivity index (χ3v) is 9.11. The van der Waals surface area contributed by atoms with Crippen molar-refractivity contribution in [3.63, 3.8) is 0 Å². The maximum Gasteiger partial charge on any atom is 0.264 e. The molecule has 1 atom stereocenters. The van der Waals surface area contributed by atoms with Gasteiger partial charge < -0.3 is 10.2 Å². The zero-order valence-electron chi connectivity index (χ0n) is 24.4. The highest BCUT2D eigenvalue weighted by Crippen LogP contribution is 2.29. The topological polar surface area (TPSA) is 86.8 Å². The van der Waals surface area contributed by atoms with Gasteiger partial charge in [0, 0.05) is 13.1 Å². The molecule has 0 aliphatic carbocycles. The van der Waals surface area contributed by atoms with Crippen molar-refractivity contribution in [2.75, 3.05) is 17.4 Å². The number of carbonyl (C=O) groups is 2. The van der Waals surface area contributed by atoms with E-state index < -0.39 is 28.5 Å². The fraction of sp³-hybridized carbons (Fsp3) is 0.375. The number of sulfonamides is 1. The number of aryl methyl sites for hydroxylation is 3. The summed E-state index contributed by atoms with van der Waals surface area (Å²) in [5, 5.41) is 2.92. The van der Waals surface area contributed by atoms with Gasteiger partial charge in [0.2, 0.25) is 11.8 Å². The maximum atomic E-state index is 14.1. The number of carbonyl (C=O) groups excluding carboxylic acids is 2. The van der Waals surface area contributed by atoms with Gasteiger partial charge in [0.05, 0.1) is 10.6 Å². The van der Waals surface area contributed by atoms with Gasteiger partial charge >= 0.3 is 0 Å². The number of nitrogens with one attached hydrogen (secondary N) is 1. The minimum atomic E-state index is -4.10. The van der Waals surface area contributed by atoms with Gasteiger partial charge in [-0.15, -0.1) is 0 Å². The molecule has 0 saturated carbocycles. The molecule has 214 valence electrons. The second-order valence-electron chi connectivity index (χ2n) is 10.3. The Morgan fingerprint density at radius 3 is 2.17 bits per heavy atom. The summed E-state index contributed by atoms with van der Waals surface area (Å²) in [6, 6.07) is 18.9. The van der Waals surface area contributed by atoms with Gasteiger partial charge in [0.25, 0.3) is 10.0 Å².